The van der Waals surface area contributed by atoms with Crippen LogP contribution in [0.4, 0.5) is 5.95 Å². The molecule has 5 rings (SSSR count). The summed E-state index contributed by atoms with van der Waals surface area (Å²) in [6.45, 7) is 3.25. The number of aliphatic hydroxyl groups is 1. The van der Waals surface area contributed by atoms with Gasteiger partial charge in [-0.15, -0.1) is 0 Å². The summed E-state index contributed by atoms with van der Waals surface area (Å²) in [7, 11) is -3.71. The fourth-order valence-electron chi connectivity index (χ4n) is 4.82. The first kappa shape index (κ1) is 22.6. The number of fused-ring (bicyclic) bond motifs is 1. The highest BCUT2D eigenvalue weighted by molar-refractivity contribution is 7.90. The van der Waals surface area contributed by atoms with E-state index in [1.807, 2.05) is 47.0 Å². The molecule has 2 atom stereocenters. The van der Waals surface area contributed by atoms with Crippen LogP contribution in [0, 0.1) is 0 Å². The Bertz CT molecular complexity index is 1440. The molecule has 1 saturated carbocycles. The van der Waals surface area contributed by atoms with E-state index < -0.39 is 21.4 Å². The average Bonchev–Trinajstić information content (AvgIpc) is 3.40. The van der Waals surface area contributed by atoms with Crippen LogP contribution < -0.4 is 5.73 Å². The Hall–Kier alpha value is -3.17. The second-order valence-corrected chi connectivity index (χ2v) is 11.5. The van der Waals surface area contributed by atoms with Gasteiger partial charge >= 0.3 is 0 Å². The molecular weight excluding hydrogens is 450 g/mol. The number of rotatable bonds is 5. The molecule has 0 spiro atoms. The van der Waals surface area contributed by atoms with Gasteiger partial charge in [0.1, 0.15) is 0 Å². The van der Waals surface area contributed by atoms with Crippen molar-refractivity contribution in [3.05, 3.63) is 54.9 Å². The minimum absolute atomic E-state index is 0.0552. The van der Waals surface area contributed by atoms with Crippen molar-refractivity contribution >= 4 is 27.0 Å². The first-order chi connectivity index (χ1) is 16.3. The van der Waals surface area contributed by atoms with Crippen molar-refractivity contribution in [2.75, 3.05) is 5.73 Å². The molecule has 2 aromatic carbocycles. The third-order valence-corrected chi connectivity index (χ3v) is 8.74. The van der Waals surface area contributed by atoms with Crippen molar-refractivity contribution < 1.29 is 13.5 Å². The van der Waals surface area contributed by atoms with Gasteiger partial charge in [0.05, 0.1) is 46.1 Å². The van der Waals surface area contributed by atoms with Crippen molar-refractivity contribution in [1.82, 2.24) is 18.5 Å². The van der Waals surface area contributed by atoms with Gasteiger partial charge in [-0.05, 0) is 38.8 Å². The molecular formula is C25H29N5O3S. The number of nitrogens with zero attached hydrogens (tertiary/aromatic N) is 4. The average molecular weight is 480 g/mol. The minimum Gasteiger partial charge on any atom is -0.391 e. The Kier molecular flexibility index (Phi) is 5.69. The maximum absolute atomic E-state index is 13.1. The zero-order valence-corrected chi connectivity index (χ0v) is 20.1. The van der Waals surface area contributed by atoms with Crippen LogP contribution in [0.25, 0.3) is 33.5 Å². The van der Waals surface area contributed by atoms with Gasteiger partial charge in [0, 0.05) is 11.1 Å². The van der Waals surface area contributed by atoms with Crippen molar-refractivity contribution in [3.63, 3.8) is 0 Å². The highest BCUT2D eigenvalue weighted by Gasteiger charge is 2.29. The normalized spacial score (nSPS) is 19.2. The van der Waals surface area contributed by atoms with E-state index >= 15 is 0 Å². The van der Waals surface area contributed by atoms with Gasteiger partial charge in [-0.1, -0.05) is 49.2 Å². The molecule has 0 amide bonds. The van der Waals surface area contributed by atoms with Gasteiger partial charge < -0.3 is 15.4 Å². The standard InChI is InChI=1S/C25H29N5O3S/c1-16(2)34(32,33)30-21-14-18(12-13-19(21)28-25(30)26)24-23(17-8-4-3-5-9-17)27-15-29(24)20-10-6-7-11-22(20)31/h3-5,8-9,12-16,20,22,31H,6-7,10-11H2,1-2H3,(H2,26,28)/t20-,22-/m1/s1. The van der Waals surface area contributed by atoms with Crippen LogP contribution >= 0.6 is 0 Å². The summed E-state index contributed by atoms with van der Waals surface area (Å²) in [5.41, 5.74) is 10.4. The van der Waals surface area contributed by atoms with E-state index in [-0.39, 0.29) is 12.0 Å². The molecule has 1 aliphatic carbocycles. The molecule has 9 heteroatoms. The van der Waals surface area contributed by atoms with Crippen LogP contribution in [0.5, 0.6) is 0 Å². The van der Waals surface area contributed by atoms with E-state index in [1.165, 1.54) is 0 Å². The molecule has 1 aliphatic rings. The highest BCUT2D eigenvalue weighted by Crippen LogP contribution is 2.39. The summed E-state index contributed by atoms with van der Waals surface area (Å²) in [5, 5.41) is 10.1. The first-order valence-electron chi connectivity index (χ1n) is 11.6. The summed E-state index contributed by atoms with van der Waals surface area (Å²) < 4.78 is 29.3. The lowest BCUT2D eigenvalue weighted by Gasteiger charge is -2.30. The molecule has 0 unspecified atom stereocenters. The topological polar surface area (TPSA) is 116 Å². The van der Waals surface area contributed by atoms with Crippen molar-refractivity contribution in [3.8, 4) is 22.5 Å². The van der Waals surface area contributed by atoms with Crippen LogP contribution in [0.2, 0.25) is 0 Å². The molecule has 0 aliphatic heterocycles. The quantitative estimate of drug-likeness (QED) is 0.443. The summed E-state index contributed by atoms with van der Waals surface area (Å²) in [6, 6.07) is 15.3. The number of hydrogen-bond donors (Lipinski definition) is 2. The zero-order valence-electron chi connectivity index (χ0n) is 19.3. The number of aliphatic hydroxyl groups excluding tert-OH is 1. The Balaban J connectivity index is 1.76. The fourth-order valence-corrected chi connectivity index (χ4v) is 5.96. The maximum Gasteiger partial charge on any atom is 0.244 e. The SMILES string of the molecule is CC(C)S(=O)(=O)n1c(N)nc2ccc(-c3c(-c4ccccc4)ncn3[C@@H]3CCCC[C@H]3O)cc21. The highest BCUT2D eigenvalue weighted by atomic mass is 32.2. The van der Waals surface area contributed by atoms with Crippen LogP contribution in [-0.2, 0) is 10.0 Å². The van der Waals surface area contributed by atoms with E-state index in [9.17, 15) is 13.5 Å². The maximum atomic E-state index is 13.1. The number of hydrogen-bond acceptors (Lipinski definition) is 6. The molecule has 4 aromatic rings. The zero-order chi connectivity index (χ0) is 24.0. The predicted octanol–water partition coefficient (Wildman–Crippen LogP) is 4.21. The molecule has 2 heterocycles. The van der Waals surface area contributed by atoms with Crippen LogP contribution in [0.3, 0.4) is 0 Å². The number of nitrogen functional groups attached to an aromatic ring is 1. The second kappa shape index (κ2) is 8.56. The van der Waals surface area contributed by atoms with Gasteiger partial charge in [0.25, 0.3) is 0 Å². The largest absolute Gasteiger partial charge is 0.391 e. The van der Waals surface area contributed by atoms with Crippen molar-refractivity contribution in [1.29, 1.82) is 0 Å². The summed E-state index contributed by atoms with van der Waals surface area (Å²) in [6.07, 6.45) is 4.97. The number of aromatic nitrogens is 4. The van der Waals surface area contributed by atoms with Crippen molar-refractivity contribution in [2.45, 2.75) is 56.9 Å². The number of nitrogens with two attached hydrogens (primary N) is 1. The summed E-state index contributed by atoms with van der Waals surface area (Å²) in [4.78, 5) is 9.03. The number of anilines is 1. The van der Waals surface area contributed by atoms with E-state index in [4.69, 9.17) is 10.7 Å². The smallest absolute Gasteiger partial charge is 0.244 e. The molecule has 3 N–H and O–H groups in total. The summed E-state index contributed by atoms with van der Waals surface area (Å²) in [5.74, 6) is -0.0552. The molecule has 8 nitrogen and oxygen atoms in total. The molecule has 34 heavy (non-hydrogen) atoms. The molecule has 1 fully saturated rings. The Morgan fingerprint density at radius 2 is 1.79 bits per heavy atom. The van der Waals surface area contributed by atoms with Crippen LogP contribution in [0.15, 0.2) is 54.9 Å². The fraction of sp³-hybridized carbons (Fsp3) is 0.360. The van der Waals surface area contributed by atoms with Crippen LogP contribution in [-0.4, -0.2) is 43.4 Å². The van der Waals surface area contributed by atoms with E-state index in [1.54, 1.807) is 26.2 Å². The molecule has 0 bridgehead atoms. The second-order valence-electron chi connectivity index (χ2n) is 9.17. The van der Waals surface area contributed by atoms with Crippen molar-refractivity contribution in [2.24, 2.45) is 0 Å². The lowest BCUT2D eigenvalue weighted by atomic mass is 9.91. The summed E-state index contributed by atoms with van der Waals surface area (Å²) >= 11 is 0. The van der Waals surface area contributed by atoms with E-state index in [2.05, 4.69) is 4.98 Å². The monoisotopic (exact) mass is 479 g/mol. The Morgan fingerprint density at radius 3 is 2.50 bits per heavy atom. The van der Waals surface area contributed by atoms with Gasteiger partial charge in [0.2, 0.25) is 16.0 Å². The number of imidazole rings is 2. The molecule has 0 radical (unpaired) electrons. The molecule has 2 aromatic heterocycles. The van der Waals surface area contributed by atoms with Crippen LogP contribution in [0.1, 0.15) is 45.6 Å². The Morgan fingerprint density at radius 1 is 1.06 bits per heavy atom. The number of benzene rings is 2. The third-order valence-electron chi connectivity index (χ3n) is 6.65. The predicted molar refractivity (Wildman–Crippen MR) is 134 cm³/mol. The Labute approximate surface area is 199 Å². The third kappa shape index (κ3) is 3.69. The van der Waals surface area contributed by atoms with E-state index in [0.29, 0.717) is 11.0 Å². The lowest BCUT2D eigenvalue weighted by molar-refractivity contribution is 0.0762. The lowest BCUT2D eigenvalue weighted by Crippen LogP contribution is -2.27. The minimum atomic E-state index is -3.71. The van der Waals surface area contributed by atoms with Gasteiger partial charge in [-0.3, -0.25) is 0 Å². The molecule has 0 saturated heterocycles. The van der Waals surface area contributed by atoms with Gasteiger partial charge in [-0.25, -0.2) is 22.4 Å². The van der Waals surface area contributed by atoms with Gasteiger partial charge in [-0.2, -0.15) is 0 Å². The van der Waals surface area contributed by atoms with Gasteiger partial charge in [0.15, 0.2) is 0 Å². The molecule has 178 valence electrons. The van der Waals surface area contributed by atoms with E-state index in [0.717, 1.165) is 52.2 Å². The first-order valence-corrected chi connectivity index (χ1v) is 13.1.